The second-order valence-electron chi connectivity index (χ2n) is 4.96. The summed E-state index contributed by atoms with van der Waals surface area (Å²) in [5, 5.41) is 0.922. The lowest BCUT2D eigenvalue weighted by atomic mass is 9.94. The molecule has 0 radical (unpaired) electrons. The normalized spacial score (nSPS) is 12.6. The van der Waals surface area contributed by atoms with Crippen molar-refractivity contribution in [1.82, 2.24) is 0 Å². The van der Waals surface area contributed by atoms with E-state index in [1.807, 2.05) is 12.1 Å². The number of hydrogen-bond acceptors (Lipinski definition) is 0. The number of rotatable bonds is 9. The second kappa shape index (κ2) is 9.55. The van der Waals surface area contributed by atoms with Crippen LogP contribution in [0.3, 0.4) is 0 Å². The van der Waals surface area contributed by atoms with Gasteiger partial charge in [-0.25, -0.2) is 4.39 Å². The molecule has 0 spiro atoms. The molecule has 0 saturated heterocycles. The molecule has 1 aromatic rings. The molecular weight excluding hydrogens is 291 g/mol. The molecule has 1 aromatic carbocycles. The number of alkyl halides is 1. The minimum Gasteiger partial charge on any atom is -0.207 e. The second-order valence-corrected chi connectivity index (χ2v) is 5.61. The molecule has 0 aromatic heterocycles. The third kappa shape index (κ3) is 5.99. The Bertz CT molecular complexity index is 325. The lowest BCUT2D eigenvalue weighted by Crippen LogP contribution is -2.01. The first-order valence-electron chi connectivity index (χ1n) is 7.09. The van der Waals surface area contributed by atoms with Crippen molar-refractivity contribution in [3.63, 3.8) is 0 Å². The highest BCUT2D eigenvalue weighted by atomic mass is 79.9. The van der Waals surface area contributed by atoms with Gasteiger partial charge in [0.25, 0.3) is 0 Å². The van der Waals surface area contributed by atoms with Crippen molar-refractivity contribution in [2.75, 3.05) is 5.33 Å². The van der Waals surface area contributed by atoms with Crippen LogP contribution in [0.25, 0.3) is 0 Å². The van der Waals surface area contributed by atoms with Crippen molar-refractivity contribution < 1.29 is 4.39 Å². The molecule has 0 nitrogen and oxygen atoms in total. The van der Waals surface area contributed by atoms with Crippen LogP contribution in [0.4, 0.5) is 4.39 Å². The molecule has 0 fully saturated rings. The van der Waals surface area contributed by atoms with E-state index < -0.39 is 0 Å². The lowest BCUT2D eigenvalue weighted by molar-refractivity contribution is 0.558. The van der Waals surface area contributed by atoms with Crippen molar-refractivity contribution in [2.45, 2.75) is 57.8 Å². The highest BCUT2D eigenvalue weighted by Crippen LogP contribution is 2.25. The highest BCUT2D eigenvalue weighted by Gasteiger charge is 2.10. The zero-order valence-corrected chi connectivity index (χ0v) is 12.9. The lowest BCUT2D eigenvalue weighted by Gasteiger charge is -2.14. The highest BCUT2D eigenvalue weighted by molar-refractivity contribution is 9.09. The molecule has 1 rings (SSSR count). The third-order valence-electron chi connectivity index (χ3n) is 3.41. The van der Waals surface area contributed by atoms with Gasteiger partial charge in [0.05, 0.1) is 0 Å². The van der Waals surface area contributed by atoms with Gasteiger partial charge in [-0.1, -0.05) is 73.5 Å². The summed E-state index contributed by atoms with van der Waals surface area (Å²) in [5.41, 5.74) is 1.13. The number of unbranched alkanes of at least 4 members (excludes halogenated alkanes) is 5. The van der Waals surface area contributed by atoms with Crippen LogP contribution in [0, 0.1) is 5.82 Å². The van der Waals surface area contributed by atoms with Gasteiger partial charge in [-0.15, -0.1) is 0 Å². The number of hydrogen-bond donors (Lipinski definition) is 0. The van der Waals surface area contributed by atoms with E-state index in [4.69, 9.17) is 0 Å². The first-order valence-corrected chi connectivity index (χ1v) is 8.21. The molecule has 0 aliphatic heterocycles. The van der Waals surface area contributed by atoms with Gasteiger partial charge in [-0.2, -0.15) is 0 Å². The summed E-state index contributed by atoms with van der Waals surface area (Å²) in [6, 6.07) is 7.02. The average Bonchev–Trinajstić information content (AvgIpc) is 2.38. The standard InChI is InChI=1S/C16H24BrF/c1-2-3-4-5-6-7-9-15(13-17)14-10-8-11-16(18)12-14/h8,10-12,15H,2-7,9,13H2,1H3. The summed E-state index contributed by atoms with van der Waals surface area (Å²) in [4.78, 5) is 0. The summed E-state index contributed by atoms with van der Waals surface area (Å²) in [5.74, 6) is 0.327. The molecule has 102 valence electrons. The van der Waals surface area contributed by atoms with Gasteiger partial charge in [-0.05, 0) is 30.0 Å². The molecule has 1 unspecified atom stereocenters. The van der Waals surface area contributed by atoms with Crippen molar-refractivity contribution in [3.05, 3.63) is 35.6 Å². The Balaban J connectivity index is 2.29. The zero-order chi connectivity index (χ0) is 13.2. The van der Waals surface area contributed by atoms with E-state index in [9.17, 15) is 4.39 Å². The predicted octanol–water partition coefficient (Wildman–Crippen LogP) is 6.05. The summed E-state index contributed by atoms with van der Waals surface area (Å²) < 4.78 is 13.2. The molecule has 0 aliphatic carbocycles. The maximum absolute atomic E-state index is 13.2. The van der Waals surface area contributed by atoms with Gasteiger partial charge >= 0.3 is 0 Å². The topological polar surface area (TPSA) is 0 Å². The van der Waals surface area contributed by atoms with Crippen LogP contribution in [0.15, 0.2) is 24.3 Å². The fourth-order valence-corrected chi connectivity index (χ4v) is 2.96. The predicted molar refractivity (Wildman–Crippen MR) is 80.9 cm³/mol. The van der Waals surface area contributed by atoms with Crippen molar-refractivity contribution in [1.29, 1.82) is 0 Å². The first-order chi connectivity index (χ1) is 8.77. The van der Waals surface area contributed by atoms with E-state index in [0.29, 0.717) is 5.92 Å². The molecule has 1 atom stereocenters. The molecule has 0 heterocycles. The van der Waals surface area contributed by atoms with Crippen molar-refractivity contribution in [3.8, 4) is 0 Å². The molecule has 0 aliphatic rings. The quantitative estimate of drug-likeness (QED) is 0.384. The SMILES string of the molecule is CCCCCCCCC(CBr)c1cccc(F)c1. The smallest absolute Gasteiger partial charge is 0.123 e. The van der Waals surface area contributed by atoms with Gasteiger partial charge in [0.1, 0.15) is 5.82 Å². The maximum Gasteiger partial charge on any atom is 0.123 e. The minimum absolute atomic E-state index is 0.124. The van der Waals surface area contributed by atoms with Gasteiger partial charge in [0.2, 0.25) is 0 Å². The number of benzene rings is 1. The van der Waals surface area contributed by atoms with Crippen LogP contribution in [0.5, 0.6) is 0 Å². The molecular formula is C16H24BrF. The Kier molecular flexibility index (Phi) is 8.32. The van der Waals surface area contributed by atoms with E-state index >= 15 is 0 Å². The Hall–Kier alpha value is -0.370. The number of halogens is 2. The van der Waals surface area contributed by atoms with Crippen LogP contribution in [-0.4, -0.2) is 5.33 Å². The summed E-state index contributed by atoms with van der Waals surface area (Å²) in [7, 11) is 0. The van der Waals surface area contributed by atoms with Crippen LogP contribution in [0.1, 0.15) is 63.4 Å². The monoisotopic (exact) mass is 314 g/mol. The largest absolute Gasteiger partial charge is 0.207 e. The Morgan fingerprint density at radius 1 is 1.11 bits per heavy atom. The molecule has 0 N–H and O–H groups in total. The average molecular weight is 315 g/mol. The Labute approximate surface area is 119 Å². The van der Waals surface area contributed by atoms with Crippen LogP contribution >= 0.6 is 15.9 Å². The van der Waals surface area contributed by atoms with Gasteiger partial charge in [-0.3, -0.25) is 0 Å². The molecule has 2 heteroatoms. The van der Waals surface area contributed by atoms with Gasteiger partial charge in [0, 0.05) is 5.33 Å². The zero-order valence-electron chi connectivity index (χ0n) is 11.3. The van der Waals surface area contributed by atoms with E-state index in [0.717, 1.165) is 17.3 Å². The maximum atomic E-state index is 13.2. The minimum atomic E-state index is -0.124. The fourth-order valence-electron chi connectivity index (χ4n) is 2.26. The van der Waals surface area contributed by atoms with Crippen LogP contribution in [-0.2, 0) is 0 Å². The molecule has 0 saturated carbocycles. The molecule has 0 amide bonds. The Morgan fingerprint density at radius 2 is 1.83 bits per heavy atom. The summed E-state index contributed by atoms with van der Waals surface area (Å²) in [6.45, 7) is 2.24. The van der Waals surface area contributed by atoms with E-state index in [2.05, 4.69) is 22.9 Å². The van der Waals surface area contributed by atoms with E-state index in [1.165, 1.54) is 44.6 Å². The summed E-state index contributed by atoms with van der Waals surface area (Å²) in [6.07, 6.45) is 9.05. The summed E-state index contributed by atoms with van der Waals surface area (Å²) >= 11 is 3.55. The first kappa shape index (κ1) is 15.7. The van der Waals surface area contributed by atoms with Gasteiger partial charge in [0.15, 0.2) is 0 Å². The Morgan fingerprint density at radius 3 is 2.50 bits per heavy atom. The third-order valence-corrected chi connectivity index (χ3v) is 4.19. The fraction of sp³-hybridized carbons (Fsp3) is 0.625. The van der Waals surface area contributed by atoms with Crippen LogP contribution in [0.2, 0.25) is 0 Å². The van der Waals surface area contributed by atoms with Crippen molar-refractivity contribution in [2.24, 2.45) is 0 Å². The molecule has 18 heavy (non-hydrogen) atoms. The van der Waals surface area contributed by atoms with E-state index in [-0.39, 0.29) is 5.82 Å². The van der Waals surface area contributed by atoms with Crippen LogP contribution < -0.4 is 0 Å². The van der Waals surface area contributed by atoms with Gasteiger partial charge < -0.3 is 0 Å². The van der Waals surface area contributed by atoms with Crippen molar-refractivity contribution >= 4 is 15.9 Å². The molecule has 0 bridgehead atoms. The van der Waals surface area contributed by atoms with E-state index in [1.54, 1.807) is 6.07 Å².